The first-order valence-electron chi connectivity index (χ1n) is 8.61. The number of sulfonamides is 1. The SMILES string of the molecule is CC(C)(O)c1cc(S(=O)(=O)N[Si](C)(C)C(C)(C)C)sc1-c1ccccc1. The van der Waals surface area contributed by atoms with E-state index in [1.54, 1.807) is 19.9 Å². The quantitative estimate of drug-likeness (QED) is 0.686. The number of nitrogens with one attached hydrogen (secondary N) is 1. The van der Waals surface area contributed by atoms with Crippen LogP contribution in [-0.4, -0.2) is 21.8 Å². The Morgan fingerprint density at radius 1 is 1.04 bits per heavy atom. The highest BCUT2D eigenvalue weighted by atomic mass is 32.2. The molecule has 1 aromatic heterocycles. The van der Waals surface area contributed by atoms with Crippen molar-refractivity contribution in [1.29, 1.82) is 0 Å². The largest absolute Gasteiger partial charge is 0.386 e. The minimum Gasteiger partial charge on any atom is -0.386 e. The molecule has 2 rings (SSSR count). The van der Waals surface area contributed by atoms with Crippen molar-refractivity contribution >= 4 is 29.6 Å². The van der Waals surface area contributed by atoms with Gasteiger partial charge in [0.05, 0.1) is 5.60 Å². The molecule has 0 aliphatic carbocycles. The third-order valence-corrected chi connectivity index (χ3v) is 14.3. The van der Waals surface area contributed by atoms with Crippen LogP contribution in [0.4, 0.5) is 0 Å². The standard InChI is InChI=1S/C19H29NO3S2Si/c1-18(2,3)26(6,7)20-25(22,23)16-13-15(19(4,5)21)17(24-16)14-11-9-8-10-12-14/h8-13,20-21H,1-7H3. The molecule has 26 heavy (non-hydrogen) atoms. The molecule has 0 fully saturated rings. The summed E-state index contributed by atoms with van der Waals surface area (Å²) in [7, 11) is -5.90. The molecule has 0 atom stereocenters. The molecule has 144 valence electrons. The molecule has 1 heterocycles. The zero-order valence-electron chi connectivity index (χ0n) is 16.5. The Balaban J connectivity index is 2.56. The lowest BCUT2D eigenvalue weighted by molar-refractivity contribution is 0.0795. The highest BCUT2D eigenvalue weighted by molar-refractivity contribution is 7.93. The molecule has 7 heteroatoms. The van der Waals surface area contributed by atoms with E-state index in [-0.39, 0.29) is 9.25 Å². The molecule has 0 saturated heterocycles. The summed E-state index contributed by atoms with van der Waals surface area (Å²) in [6.07, 6.45) is 0. The Morgan fingerprint density at radius 2 is 1.58 bits per heavy atom. The topological polar surface area (TPSA) is 66.4 Å². The van der Waals surface area contributed by atoms with Crippen LogP contribution in [0.1, 0.15) is 40.2 Å². The van der Waals surface area contributed by atoms with E-state index >= 15 is 0 Å². The predicted octanol–water partition coefficient (Wildman–Crippen LogP) is 4.93. The average Bonchev–Trinajstić information content (AvgIpc) is 2.92. The van der Waals surface area contributed by atoms with Gasteiger partial charge < -0.3 is 5.11 Å². The van der Waals surface area contributed by atoms with Gasteiger partial charge in [-0.15, -0.1) is 11.3 Å². The van der Waals surface area contributed by atoms with Gasteiger partial charge >= 0.3 is 0 Å². The van der Waals surface area contributed by atoms with Gasteiger partial charge in [-0.25, -0.2) is 12.8 Å². The van der Waals surface area contributed by atoms with Crippen molar-refractivity contribution in [1.82, 2.24) is 4.39 Å². The van der Waals surface area contributed by atoms with Gasteiger partial charge in [-0.05, 0) is 30.5 Å². The number of rotatable bonds is 5. The van der Waals surface area contributed by atoms with E-state index in [1.807, 2.05) is 43.4 Å². The van der Waals surface area contributed by atoms with E-state index in [2.05, 4.69) is 25.2 Å². The van der Waals surface area contributed by atoms with Gasteiger partial charge in [-0.3, -0.25) is 0 Å². The van der Waals surface area contributed by atoms with Crippen molar-refractivity contribution in [3.05, 3.63) is 42.0 Å². The molecule has 0 spiro atoms. The first-order chi connectivity index (χ1) is 11.7. The second-order valence-electron chi connectivity index (χ2n) is 8.71. The first kappa shape index (κ1) is 21.3. The van der Waals surface area contributed by atoms with E-state index in [1.165, 1.54) is 11.3 Å². The van der Waals surface area contributed by atoms with Crippen molar-refractivity contribution < 1.29 is 13.5 Å². The maximum atomic E-state index is 13.1. The van der Waals surface area contributed by atoms with Crippen LogP contribution in [0, 0.1) is 0 Å². The number of benzene rings is 1. The van der Waals surface area contributed by atoms with Crippen LogP contribution in [-0.2, 0) is 15.6 Å². The van der Waals surface area contributed by atoms with Gasteiger partial charge in [-0.2, -0.15) is 0 Å². The van der Waals surface area contributed by atoms with E-state index < -0.39 is 23.9 Å². The molecular weight excluding hydrogens is 382 g/mol. The maximum absolute atomic E-state index is 13.1. The normalized spacial score (nSPS) is 13.8. The van der Waals surface area contributed by atoms with Crippen LogP contribution in [0.3, 0.4) is 0 Å². The molecule has 0 bridgehead atoms. The molecular formula is C19H29NO3S2Si. The summed E-state index contributed by atoms with van der Waals surface area (Å²) in [5.41, 5.74) is 0.402. The third-order valence-electron chi connectivity index (χ3n) is 4.93. The summed E-state index contributed by atoms with van der Waals surface area (Å²) < 4.78 is 29.4. The molecule has 0 saturated carbocycles. The van der Waals surface area contributed by atoms with Gasteiger partial charge in [0.15, 0.2) is 0 Å². The Bertz CT molecular complexity index is 874. The number of thiophene rings is 1. The van der Waals surface area contributed by atoms with Crippen LogP contribution in [0.15, 0.2) is 40.6 Å². The Labute approximate surface area is 162 Å². The summed E-state index contributed by atoms with van der Waals surface area (Å²) in [6.45, 7) is 13.6. The molecule has 1 aromatic carbocycles. The van der Waals surface area contributed by atoms with Gasteiger partial charge in [0.2, 0.25) is 10.0 Å². The Morgan fingerprint density at radius 3 is 2.04 bits per heavy atom. The summed E-state index contributed by atoms with van der Waals surface area (Å²) in [6, 6.07) is 11.2. The first-order valence-corrected chi connectivity index (χ1v) is 13.9. The number of hydrogen-bond donors (Lipinski definition) is 2. The smallest absolute Gasteiger partial charge is 0.244 e. The number of aliphatic hydroxyl groups is 1. The van der Waals surface area contributed by atoms with Gasteiger partial charge in [0.1, 0.15) is 12.4 Å². The van der Waals surface area contributed by atoms with Crippen LogP contribution < -0.4 is 4.39 Å². The molecule has 0 unspecified atom stereocenters. The Hall–Kier alpha value is -0.993. The molecule has 0 amide bonds. The summed E-state index contributed by atoms with van der Waals surface area (Å²) in [5.74, 6) is 0. The second kappa shape index (κ2) is 6.87. The molecule has 0 aliphatic rings. The van der Waals surface area contributed by atoms with Gasteiger partial charge in [0, 0.05) is 10.4 Å². The minimum absolute atomic E-state index is 0.112. The fraction of sp³-hybridized carbons (Fsp3) is 0.474. The Kier molecular flexibility index (Phi) is 5.63. The molecule has 4 nitrogen and oxygen atoms in total. The van der Waals surface area contributed by atoms with Crippen molar-refractivity contribution in [3.8, 4) is 10.4 Å². The molecule has 0 aliphatic heterocycles. The summed E-state index contributed by atoms with van der Waals surface area (Å²) in [5, 5.41) is 10.5. The van der Waals surface area contributed by atoms with Crippen molar-refractivity contribution in [2.45, 2.75) is 62.6 Å². The lowest BCUT2D eigenvalue weighted by Crippen LogP contribution is -2.54. The fourth-order valence-electron chi connectivity index (χ4n) is 2.30. The zero-order chi connectivity index (χ0) is 20.0. The average molecular weight is 412 g/mol. The number of hydrogen-bond acceptors (Lipinski definition) is 4. The van der Waals surface area contributed by atoms with Crippen molar-refractivity contribution in [3.63, 3.8) is 0 Å². The maximum Gasteiger partial charge on any atom is 0.244 e. The molecule has 0 radical (unpaired) electrons. The van der Waals surface area contributed by atoms with Gasteiger partial charge in [0.25, 0.3) is 0 Å². The fourth-order valence-corrected chi connectivity index (χ4v) is 9.00. The van der Waals surface area contributed by atoms with E-state index in [4.69, 9.17) is 0 Å². The zero-order valence-corrected chi connectivity index (χ0v) is 19.2. The third kappa shape index (κ3) is 4.46. The monoisotopic (exact) mass is 411 g/mol. The predicted molar refractivity (Wildman–Crippen MR) is 113 cm³/mol. The van der Waals surface area contributed by atoms with E-state index in [0.29, 0.717) is 5.56 Å². The lowest BCUT2D eigenvalue weighted by Gasteiger charge is -2.36. The lowest BCUT2D eigenvalue weighted by atomic mass is 9.96. The van der Waals surface area contributed by atoms with Crippen LogP contribution in [0.25, 0.3) is 10.4 Å². The highest BCUT2D eigenvalue weighted by Crippen LogP contribution is 2.41. The van der Waals surface area contributed by atoms with Gasteiger partial charge in [-0.1, -0.05) is 64.2 Å². The van der Waals surface area contributed by atoms with E-state index in [9.17, 15) is 13.5 Å². The molecule has 2 aromatic rings. The van der Waals surface area contributed by atoms with Crippen LogP contribution in [0.2, 0.25) is 18.1 Å². The molecule has 2 N–H and O–H groups in total. The van der Waals surface area contributed by atoms with E-state index in [0.717, 1.165) is 10.4 Å². The van der Waals surface area contributed by atoms with Crippen molar-refractivity contribution in [2.75, 3.05) is 0 Å². The second-order valence-corrected chi connectivity index (χ2v) is 17.0. The summed E-state index contributed by atoms with van der Waals surface area (Å²) in [4.78, 5) is 0.786. The summed E-state index contributed by atoms with van der Waals surface area (Å²) >= 11 is 1.21. The highest BCUT2D eigenvalue weighted by Gasteiger charge is 2.40. The van der Waals surface area contributed by atoms with Crippen LogP contribution in [0.5, 0.6) is 0 Å². The van der Waals surface area contributed by atoms with Crippen LogP contribution >= 0.6 is 11.3 Å². The minimum atomic E-state index is -3.65. The van der Waals surface area contributed by atoms with Crippen molar-refractivity contribution in [2.24, 2.45) is 0 Å².